The maximum absolute atomic E-state index is 5.32. The molecule has 0 aliphatic heterocycles. The van der Waals surface area contributed by atoms with Crippen molar-refractivity contribution >= 4 is 5.69 Å². The Labute approximate surface area is 103 Å². The largest absolute Gasteiger partial charge is 0.493 e. The standard InChI is InChI=1S/C14H21NO2/c1-9-7-13(16-3)14(17-4)8-12(9)15-10(2)11-5-6-11/h7-8,10-11,15H,5-6H2,1-4H3. The minimum absolute atomic E-state index is 0.534. The van der Waals surface area contributed by atoms with E-state index in [0.717, 1.165) is 23.1 Å². The summed E-state index contributed by atoms with van der Waals surface area (Å²) in [6.45, 7) is 4.33. The maximum atomic E-state index is 5.32. The lowest BCUT2D eigenvalue weighted by Gasteiger charge is -2.18. The number of hydrogen-bond donors (Lipinski definition) is 1. The first-order valence-corrected chi connectivity index (χ1v) is 6.15. The Morgan fingerprint density at radius 2 is 1.76 bits per heavy atom. The molecule has 1 N–H and O–H groups in total. The van der Waals surface area contributed by atoms with Crippen molar-refractivity contribution in [1.29, 1.82) is 0 Å². The average molecular weight is 235 g/mol. The molecule has 3 heteroatoms. The second-order valence-electron chi connectivity index (χ2n) is 4.79. The fourth-order valence-corrected chi connectivity index (χ4v) is 2.10. The second-order valence-corrected chi connectivity index (χ2v) is 4.79. The molecule has 0 bridgehead atoms. The summed E-state index contributed by atoms with van der Waals surface area (Å²) < 4.78 is 10.6. The second kappa shape index (κ2) is 4.86. The summed E-state index contributed by atoms with van der Waals surface area (Å²) in [5, 5.41) is 3.56. The fourth-order valence-electron chi connectivity index (χ4n) is 2.10. The molecule has 1 atom stereocenters. The van der Waals surface area contributed by atoms with E-state index in [4.69, 9.17) is 9.47 Å². The van der Waals surface area contributed by atoms with Gasteiger partial charge in [-0.05, 0) is 44.2 Å². The van der Waals surface area contributed by atoms with Crippen molar-refractivity contribution in [3.05, 3.63) is 17.7 Å². The van der Waals surface area contributed by atoms with E-state index in [1.54, 1.807) is 14.2 Å². The van der Waals surface area contributed by atoms with Crippen LogP contribution < -0.4 is 14.8 Å². The van der Waals surface area contributed by atoms with E-state index in [-0.39, 0.29) is 0 Å². The van der Waals surface area contributed by atoms with Crippen LogP contribution in [0.5, 0.6) is 11.5 Å². The summed E-state index contributed by atoms with van der Waals surface area (Å²) in [5.74, 6) is 2.40. The molecule has 3 nitrogen and oxygen atoms in total. The molecular weight excluding hydrogens is 214 g/mol. The lowest BCUT2D eigenvalue weighted by Crippen LogP contribution is -2.18. The van der Waals surface area contributed by atoms with Gasteiger partial charge in [0.05, 0.1) is 14.2 Å². The topological polar surface area (TPSA) is 30.5 Å². The van der Waals surface area contributed by atoms with Crippen molar-refractivity contribution in [2.45, 2.75) is 32.7 Å². The van der Waals surface area contributed by atoms with Crippen molar-refractivity contribution in [3.63, 3.8) is 0 Å². The zero-order valence-electron chi connectivity index (χ0n) is 11.0. The van der Waals surface area contributed by atoms with Crippen LogP contribution >= 0.6 is 0 Å². The van der Waals surface area contributed by atoms with E-state index >= 15 is 0 Å². The normalized spacial score (nSPS) is 16.5. The molecule has 17 heavy (non-hydrogen) atoms. The first kappa shape index (κ1) is 12.1. The van der Waals surface area contributed by atoms with Crippen LogP contribution in [-0.2, 0) is 0 Å². The van der Waals surface area contributed by atoms with Crippen LogP contribution in [-0.4, -0.2) is 20.3 Å². The van der Waals surface area contributed by atoms with E-state index in [1.807, 2.05) is 12.1 Å². The van der Waals surface area contributed by atoms with Crippen molar-refractivity contribution in [2.24, 2.45) is 5.92 Å². The Morgan fingerprint density at radius 1 is 1.18 bits per heavy atom. The number of ether oxygens (including phenoxy) is 2. The molecule has 0 amide bonds. The van der Waals surface area contributed by atoms with Gasteiger partial charge in [0.25, 0.3) is 0 Å². The highest BCUT2D eigenvalue weighted by Gasteiger charge is 2.28. The predicted octanol–water partition coefficient (Wildman–Crippen LogP) is 3.22. The highest BCUT2D eigenvalue weighted by molar-refractivity contribution is 5.60. The van der Waals surface area contributed by atoms with Gasteiger partial charge in [-0.25, -0.2) is 0 Å². The zero-order valence-corrected chi connectivity index (χ0v) is 11.0. The molecule has 0 saturated heterocycles. The summed E-state index contributed by atoms with van der Waals surface area (Å²) >= 11 is 0. The highest BCUT2D eigenvalue weighted by atomic mass is 16.5. The number of methoxy groups -OCH3 is 2. The predicted molar refractivity (Wildman–Crippen MR) is 70.1 cm³/mol. The van der Waals surface area contributed by atoms with Gasteiger partial charge in [0, 0.05) is 17.8 Å². The highest BCUT2D eigenvalue weighted by Crippen LogP contribution is 2.37. The Bertz CT molecular complexity index is 399. The van der Waals surface area contributed by atoms with Gasteiger partial charge in [-0.15, -0.1) is 0 Å². The van der Waals surface area contributed by atoms with Crippen LogP contribution in [0.15, 0.2) is 12.1 Å². The number of rotatable bonds is 5. The van der Waals surface area contributed by atoms with Gasteiger partial charge < -0.3 is 14.8 Å². The van der Waals surface area contributed by atoms with Crippen LogP contribution in [0.1, 0.15) is 25.3 Å². The number of benzene rings is 1. The van der Waals surface area contributed by atoms with Crippen molar-refractivity contribution in [2.75, 3.05) is 19.5 Å². The fraction of sp³-hybridized carbons (Fsp3) is 0.571. The summed E-state index contributed by atoms with van der Waals surface area (Å²) in [6, 6.07) is 4.57. The number of anilines is 1. The third-order valence-corrected chi connectivity index (χ3v) is 3.44. The van der Waals surface area contributed by atoms with E-state index < -0.39 is 0 Å². The number of aryl methyl sites for hydroxylation is 1. The molecular formula is C14H21NO2. The lowest BCUT2D eigenvalue weighted by atomic mass is 10.1. The summed E-state index contributed by atoms with van der Waals surface area (Å²) in [7, 11) is 3.33. The van der Waals surface area contributed by atoms with Gasteiger partial charge in [-0.3, -0.25) is 0 Å². The molecule has 2 rings (SSSR count). The first-order valence-electron chi connectivity index (χ1n) is 6.15. The van der Waals surface area contributed by atoms with Gasteiger partial charge in [0.2, 0.25) is 0 Å². The third kappa shape index (κ3) is 2.65. The molecule has 0 aromatic heterocycles. The molecule has 0 spiro atoms. The molecule has 1 aliphatic rings. The van der Waals surface area contributed by atoms with E-state index in [9.17, 15) is 0 Å². The number of hydrogen-bond acceptors (Lipinski definition) is 3. The molecule has 1 aliphatic carbocycles. The summed E-state index contributed by atoms with van der Waals surface area (Å²) in [5.41, 5.74) is 2.33. The molecule has 94 valence electrons. The monoisotopic (exact) mass is 235 g/mol. The van der Waals surface area contributed by atoms with Crippen LogP contribution in [0.4, 0.5) is 5.69 Å². The van der Waals surface area contributed by atoms with E-state index in [0.29, 0.717) is 6.04 Å². The van der Waals surface area contributed by atoms with E-state index in [1.165, 1.54) is 18.4 Å². The van der Waals surface area contributed by atoms with Crippen LogP contribution in [0.25, 0.3) is 0 Å². The van der Waals surface area contributed by atoms with Crippen molar-refractivity contribution < 1.29 is 9.47 Å². The molecule has 1 aromatic carbocycles. The van der Waals surface area contributed by atoms with Crippen LogP contribution in [0, 0.1) is 12.8 Å². The van der Waals surface area contributed by atoms with Gasteiger partial charge in [0.15, 0.2) is 11.5 Å². The molecule has 1 aromatic rings. The minimum atomic E-state index is 0.534. The molecule has 0 heterocycles. The van der Waals surface area contributed by atoms with Crippen LogP contribution in [0.2, 0.25) is 0 Å². The quantitative estimate of drug-likeness (QED) is 0.850. The first-order chi connectivity index (χ1) is 8.15. The van der Waals surface area contributed by atoms with Gasteiger partial charge in [0.1, 0.15) is 0 Å². The summed E-state index contributed by atoms with van der Waals surface area (Å²) in [4.78, 5) is 0. The van der Waals surface area contributed by atoms with Crippen LogP contribution in [0.3, 0.4) is 0 Å². The Morgan fingerprint density at radius 3 is 2.29 bits per heavy atom. The van der Waals surface area contributed by atoms with Crippen molar-refractivity contribution in [3.8, 4) is 11.5 Å². The molecule has 1 fully saturated rings. The SMILES string of the molecule is COc1cc(C)c(NC(C)C2CC2)cc1OC. The van der Waals surface area contributed by atoms with Crippen molar-refractivity contribution in [1.82, 2.24) is 0 Å². The van der Waals surface area contributed by atoms with E-state index in [2.05, 4.69) is 19.2 Å². The molecule has 1 unspecified atom stereocenters. The maximum Gasteiger partial charge on any atom is 0.162 e. The third-order valence-electron chi connectivity index (χ3n) is 3.44. The smallest absolute Gasteiger partial charge is 0.162 e. The minimum Gasteiger partial charge on any atom is -0.493 e. The Hall–Kier alpha value is -1.38. The van der Waals surface area contributed by atoms with Gasteiger partial charge in [-0.2, -0.15) is 0 Å². The zero-order chi connectivity index (χ0) is 12.4. The summed E-state index contributed by atoms with van der Waals surface area (Å²) in [6.07, 6.45) is 2.70. The average Bonchev–Trinajstić information content (AvgIpc) is 3.15. The Balaban J connectivity index is 2.20. The lowest BCUT2D eigenvalue weighted by molar-refractivity contribution is 0.355. The van der Waals surface area contributed by atoms with Gasteiger partial charge >= 0.3 is 0 Å². The Kier molecular flexibility index (Phi) is 3.46. The molecule has 0 radical (unpaired) electrons. The molecule has 1 saturated carbocycles. The number of nitrogens with one attached hydrogen (secondary N) is 1. The van der Waals surface area contributed by atoms with Gasteiger partial charge in [-0.1, -0.05) is 0 Å².